The number of rotatable bonds is 8. The lowest BCUT2D eigenvalue weighted by atomic mass is 10.1. The molecule has 3 aromatic rings. The molecule has 1 aromatic heterocycles. The molecule has 0 aliphatic rings. The second kappa shape index (κ2) is 9.22. The molecule has 0 saturated heterocycles. The molecular weight excluding hydrogens is 350 g/mol. The predicted octanol–water partition coefficient (Wildman–Crippen LogP) is 3.97. The van der Waals surface area contributed by atoms with Gasteiger partial charge in [0.25, 0.3) is 0 Å². The summed E-state index contributed by atoms with van der Waals surface area (Å²) < 4.78 is 8.28. The smallest absolute Gasteiger partial charge is 0.243 e. The molecule has 1 N–H and O–H groups in total. The average molecular weight is 377 g/mol. The highest BCUT2D eigenvalue weighted by atomic mass is 16.5. The number of amides is 1. The van der Waals surface area contributed by atoms with Crippen molar-refractivity contribution in [1.82, 2.24) is 14.9 Å². The van der Waals surface area contributed by atoms with E-state index < -0.39 is 0 Å². The molecular formula is C23H27N3O2. The molecule has 0 spiro atoms. The van der Waals surface area contributed by atoms with E-state index in [0.717, 1.165) is 33.7 Å². The number of benzene rings is 2. The molecule has 5 heteroatoms. The molecule has 0 fully saturated rings. The van der Waals surface area contributed by atoms with Crippen LogP contribution in [-0.2, 0) is 17.8 Å². The van der Waals surface area contributed by atoms with E-state index >= 15 is 0 Å². The SMILES string of the molecule is C/C=C/C(=O)NCCc1nc2ccccc2n1CCOc1c(C)cccc1C. The first kappa shape index (κ1) is 19.7. The Morgan fingerprint density at radius 1 is 1.14 bits per heavy atom. The second-order valence-electron chi connectivity index (χ2n) is 6.78. The molecule has 0 radical (unpaired) electrons. The first-order valence-electron chi connectivity index (χ1n) is 9.64. The van der Waals surface area contributed by atoms with Gasteiger partial charge in [0.1, 0.15) is 18.2 Å². The predicted molar refractivity (Wildman–Crippen MR) is 113 cm³/mol. The lowest BCUT2D eigenvalue weighted by Crippen LogP contribution is -2.25. The lowest BCUT2D eigenvalue weighted by Gasteiger charge is -2.14. The van der Waals surface area contributed by atoms with Gasteiger partial charge in [0.05, 0.1) is 17.6 Å². The minimum atomic E-state index is -0.0801. The molecule has 146 valence electrons. The third-order valence-corrected chi connectivity index (χ3v) is 4.67. The Morgan fingerprint density at radius 2 is 1.89 bits per heavy atom. The van der Waals surface area contributed by atoms with Gasteiger partial charge in [-0.3, -0.25) is 4.79 Å². The van der Waals surface area contributed by atoms with E-state index in [-0.39, 0.29) is 5.91 Å². The van der Waals surface area contributed by atoms with E-state index in [2.05, 4.69) is 41.9 Å². The van der Waals surface area contributed by atoms with Crippen LogP contribution < -0.4 is 10.1 Å². The van der Waals surface area contributed by atoms with E-state index in [1.165, 1.54) is 6.08 Å². The topological polar surface area (TPSA) is 56.2 Å². The zero-order valence-electron chi connectivity index (χ0n) is 16.7. The fraction of sp³-hybridized carbons (Fsp3) is 0.304. The van der Waals surface area contributed by atoms with Crippen LogP contribution in [0.2, 0.25) is 0 Å². The summed E-state index contributed by atoms with van der Waals surface area (Å²) in [6.45, 7) is 7.76. The number of nitrogens with zero attached hydrogens (tertiary/aromatic N) is 2. The van der Waals surface area contributed by atoms with E-state index in [1.54, 1.807) is 6.08 Å². The summed E-state index contributed by atoms with van der Waals surface area (Å²) >= 11 is 0. The van der Waals surface area contributed by atoms with Gasteiger partial charge in [0.15, 0.2) is 0 Å². The summed E-state index contributed by atoms with van der Waals surface area (Å²) in [5.41, 5.74) is 4.33. The Balaban J connectivity index is 1.72. The summed E-state index contributed by atoms with van der Waals surface area (Å²) in [4.78, 5) is 16.4. The number of aryl methyl sites for hydroxylation is 2. The van der Waals surface area contributed by atoms with Crippen LogP contribution in [0.3, 0.4) is 0 Å². The maximum absolute atomic E-state index is 11.6. The lowest BCUT2D eigenvalue weighted by molar-refractivity contribution is -0.116. The van der Waals surface area contributed by atoms with Crippen LogP contribution in [0.15, 0.2) is 54.6 Å². The number of nitrogens with one attached hydrogen (secondary N) is 1. The summed E-state index contributed by atoms with van der Waals surface area (Å²) in [5.74, 6) is 1.82. The fourth-order valence-corrected chi connectivity index (χ4v) is 3.34. The van der Waals surface area contributed by atoms with Gasteiger partial charge in [0, 0.05) is 13.0 Å². The zero-order valence-corrected chi connectivity index (χ0v) is 16.7. The Bertz CT molecular complexity index is 968. The molecule has 28 heavy (non-hydrogen) atoms. The first-order valence-corrected chi connectivity index (χ1v) is 9.64. The van der Waals surface area contributed by atoms with E-state index in [0.29, 0.717) is 26.1 Å². The van der Waals surface area contributed by atoms with Crippen molar-refractivity contribution in [2.45, 2.75) is 33.7 Å². The van der Waals surface area contributed by atoms with Crippen LogP contribution in [0, 0.1) is 13.8 Å². The molecule has 0 aliphatic carbocycles. The maximum Gasteiger partial charge on any atom is 0.243 e. The number of aromatic nitrogens is 2. The number of carbonyl (C=O) groups excluding carboxylic acids is 1. The van der Waals surface area contributed by atoms with Crippen molar-refractivity contribution in [3.63, 3.8) is 0 Å². The van der Waals surface area contributed by atoms with Crippen LogP contribution in [0.25, 0.3) is 11.0 Å². The maximum atomic E-state index is 11.6. The summed E-state index contributed by atoms with van der Waals surface area (Å²) in [6.07, 6.45) is 3.93. The number of imidazole rings is 1. The molecule has 0 aliphatic heterocycles. The molecule has 3 rings (SSSR count). The fourth-order valence-electron chi connectivity index (χ4n) is 3.34. The van der Waals surface area contributed by atoms with Crippen molar-refractivity contribution in [3.8, 4) is 5.75 Å². The van der Waals surface area contributed by atoms with Gasteiger partial charge in [-0.25, -0.2) is 4.98 Å². The molecule has 0 atom stereocenters. The van der Waals surface area contributed by atoms with Gasteiger partial charge in [-0.1, -0.05) is 36.4 Å². The highest BCUT2D eigenvalue weighted by Gasteiger charge is 2.11. The van der Waals surface area contributed by atoms with Gasteiger partial charge in [-0.2, -0.15) is 0 Å². The van der Waals surface area contributed by atoms with Crippen molar-refractivity contribution >= 4 is 16.9 Å². The summed E-state index contributed by atoms with van der Waals surface area (Å²) in [6, 6.07) is 14.3. The summed E-state index contributed by atoms with van der Waals surface area (Å²) in [5, 5.41) is 2.89. The van der Waals surface area contributed by atoms with Crippen molar-refractivity contribution < 1.29 is 9.53 Å². The molecule has 2 aromatic carbocycles. The molecule has 0 bridgehead atoms. The van der Waals surface area contributed by atoms with Crippen LogP contribution in [0.5, 0.6) is 5.75 Å². The average Bonchev–Trinajstić information content (AvgIpc) is 3.02. The van der Waals surface area contributed by atoms with E-state index in [1.807, 2.05) is 31.2 Å². The molecule has 0 saturated carbocycles. The largest absolute Gasteiger partial charge is 0.491 e. The van der Waals surface area contributed by atoms with Crippen molar-refractivity contribution in [2.24, 2.45) is 0 Å². The Labute approximate surface area is 166 Å². The van der Waals surface area contributed by atoms with Crippen molar-refractivity contribution in [1.29, 1.82) is 0 Å². The van der Waals surface area contributed by atoms with Gasteiger partial charge >= 0.3 is 0 Å². The monoisotopic (exact) mass is 377 g/mol. The number of para-hydroxylation sites is 3. The number of fused-ring (bicyclic) bond motifs is 1. The highest BCUT2D eigenvalue weighted by molar-refractivity contribution is 5.87. The van der Waals surface area contributed by atoms with Crippen molar-refractivity contribution in [2.75, 3.05) is 13.2 Å². The first-order chi connectivity index (χ1) is 13.6. The van der Waals surface area contributed by atoms with Gasteiger partial charge in [-0.15, -0.1) is 0 Å². The van der Waals surface area contributed by atoms with E-state index in [4.69, 9.17) is 9.72 Å². The number of hydrogen-bond acceptors (Lipinski definition) is 3. The normalized spacial score (nSPS) is 11.2. The molecule has 0 unspecified atom stereocenters. The zero-order chi connectivity index (χ0) is 19.9. The third-order valence-electron chi connectivity index (χ3n) is 4.67. The Kier molecular flexibility index (Phi) is 6.48. The van der Waals surface area contributed by atoms with Gasteiger partial charge in [-0.05, 0) is 50.1 Å². The number of allylic oxidation sites excluding steroid dienone is 1. The van der Waals surface area contributed by atoms with Crippen LogP contribution in [-0.4, -0.2) is 28.6 Å². The highest BCUT2D eigenvalue weighted by Crippen LogP contribution is 2.23. The number of ether oxygens (including phenoxy) is 1. The minimum Gasteiger partial charge on any atom is -0.491 e. The van der Waals surface area contributed by atoms with E-state index in [9.17, 15) is 4.79 Å². The summed E-state index contributed by atoms with van der Waals surface area (Å²) in [7, 11) is 0. The van der Waals surface area contributed by atoms with Crippen LogP contribution >= 0.6 is 0 Å². The second-order valence-corrected chi connectivity index (χ2v) is 6.78. The number of carbonyl (C=O) groups is 1. The molecule has 1 amide bonds. The molecule has 1 heterocycles. The number of hydrogen-bond donors (Lipinski definition) is 1. The standard InChI is InChI=1S/C23H27N3O2/c1-4-8-22(27)24-14-13-21-25-19-11-5-6-12-20(19)26(21)15-16-28-23-17(2)9-7-10-18(23)3/h4-12H,13-16H2,1-3H3,(H,24,27)/b8-4+. The third kappa shape index (κ3) is 4.60. The Hall–Kier alpha value is -3.08. The quantitative estimate of drug-likeness (QED) is 0.605. The minimum absolute atomic E-state index is 0.0801. The van der Waals surface area contributed by atoms with Crippen LogP contribution in [0.1, 0.15) is 23.9 Å². The van der Waals surface area contributed by atoms with Crippen LogP contribution in [0.4, 0.5) is 0 Å². The van der Waals surface area contributed by atoms with Gasteiger partial charge < -0.3 is 14.6 Å². The van der Waals surface area contributed by atoms with Crippen molar-refractivity contribution in [3.05, 3.63) is 71.6 Å². The Morgan fingerprint density at radius 3 is 2.64 bits per heavy atom. The van der Waals surface area contributed by atoms with Gasteiger partial charge in [0.2, 0.25) is 5.91 Å². The molecule has 5 nitrogen and oxygen atoms in total.